The summed E-state index contributed by atoms with van der Waals surface area (Å²) in [4.78, 5) is 2.31. The van der Waals surface area contributed by atoms with Crippen LogP contribution < -0.4 is 11.1 Å². The molecule has 1 aliphatic rings. The molecule has 1 fully saturated rings. The van der Waals surface area contributed by atoms with Crippen LogP contribution in [0.2, 0.25) is 0 Å². The van der Waals surface area contributed by atoms with Crippen LogP contribution in [-0.4, -0.2) is 31.1 Å². The van der Waals surface area contributed by atoms with Gasteiger partial charge in [0.15, 0.2) is 0 Å². The molecule has 90 valence electrons. The number of benzene rings is 1. The summed E-state index contributed by atoms with van der Waals surface area (Å²) in [5, 5.41) is 12.4. The largest absolute Gasteiger partial charge is 0.396 e. The van der Waals surface area contributed by atoms with E-state index in [1.54, 1.807) is 6.07 Å². The highest BCUT2D eigenvalue weighted by molar-refractivity contribution is 5.73. The summed E-state index contributed by atoms with van der Waals surface area (Å²) in [6.07, 6.45) is 2.35. The zero-order valence-electron chi connectivity index (χ0n) is 10.1. The number of rotatable bonds is 2. The predicted molar refractivity (Wildman–Crippen MR) is 69.7 cm³/mol. The molecule has 1 aromatic carbocycles. The SMILES string of the molecule is CN1CCCC(Nc2cccc(C#N)c2N)C1. The van der Waals surface area contributed by atoms with Crippen molar-refractivity contribution in [2.45, 2.75) is 18.9 Å². The molecule has 1 aromatic rings. The Morgan fingerprint density at radius 2 is 2.35 bits per heavy atom. The van der Waals surface area contributed by atoms with Crippen molar-refractivity contribution < 1.29 is 0 Å². The van der Waals surface area contributed by atoms with Gasteiger partial charge in [0, 0.05) is 12.6 Å². The van der Waals surface area contributed by atoms with Gasteiger partial charge >= 0.3 is 0 Å². The molecule has 4 nitrogen and oxygen atoms in total. The minimum Gasteiger partial charge on any atom is -0.396 e. The number of nitrogens with two attached hydrogens (primary N) is 1. The first-order valence-corrected chi connectivity index (χ1v) is 5.94. The van der Waals surface area contributed by atoms with E-state index in [2.05, 4.69) is 23.3 Å². The van der Waals surface area contributed by atoms with E-state index < -0.39 is 0 Å². The molecule has 1 heterocycles. The zero-order valence-corrected chi connectivity index (χ0v) is 10.1. The summed E-state index contributed by atoms with van der Waals surface area (Å²) < 4.78 is 0. The molecule has 0 amide bonds. The quantitative estimate of drug-likeness (QED) is 0.758. The smallest absolute Gasteiger partial charge is 0.101 e. The number of anilines is 2. The average Bonchev–Trinajstić information content (AvgIpc) is 2.32. The van der Waals surface area contributed by atoms with Crippen molar-refractivity contribution in [3.05, 3.63) is 23.8 Å². The Bertz CT molecular complexity index is 436. The fraction of sp³-hybridized carbons (Fsp3) is 0.462. The molecule has 1 aliphatic heterocycles. The summed E-state index contributed by atoms with van der Waals surface area (Å²) in [6.45, 7) is 2.18. The highest BCUT2D eigenvalue weighted by atomic mass is 15.1. The number of likely N-dealkylation sites (tertiary alicyclic amines) is 1. The molecule has 0 aromatic heterocycles. The number of likely N-dealkylation sites (N-methyl/N-ethyl adjacent to an activating group) is 1. The number of para-hydroxylation sites is 1. The second kappa shape index (κ2) is 5.07. The normalized spacial score (nSPS) is 20.8. The molecule has 0 aliphatic carbocycles. The molecule has 4 heteroatoms. The molecule has 0 radical (unpaired) electrons. The van der Waals surface area contributed by atoms with Gasteiger partial charge in [-0.15, -0.1) is 0 Å². The van der Waals surface area contributed by atoms with Crippen LogP contribution in [-0.2, 0) is 0 Å². The van der Waals surface area contributed by atoms with Gasteiger partial charge in [-0.3, -0.25) is 0 Å². The van der Waals surface area contributed by atoms with Crippen molar-refractivity contribution in [1.82, 2.24) is 4.90 Å². The fourth-order valence-corrected chi connectivity index (χ4v) is 2.29. The lowest BCUT2D eigenvalue weighted by Gasteiger charge is -2.31. The van der Waals surface area contributed by atoms with Gasteiger partial charge < -0.3 is 16.0 Å². The molecular weight excluding hydrogens is 212 g/mol. The Labute approximate surface area is 102 Å². The maximum Gasteiger partial charge on any atom is 0.101 e. The summed E-state index contributed by atoms with van der Waals surface area (Å²) in [5.74, 6) is 0. The fourth-order valence-electron chi connectivity index (χ4n) is 2.29. The summed E-state index contributed by atoms with van der Waals surface area (Å²) in [6, 6.07) is 8.07. The second-order valence-electron chi connectivity index (χ2n) is 4.62. The lowest BCUT2D eigenvalue weighted by atomic mass is 10.1. The van der Waals surface area contributed by atoms with Crippen LogP contribution in [0.25, 0.3) is 0 Å². The molecule has 0 spiro atoms. The van der Waals surface area contributed by atoms with E-state index in [4.69, 9.17) is 11.0 Å². The summed E-state index contributed by atoms with van der Waals surface area (Å²) in [5.41, 5.74) is 7.93. The van der Waals surface area contributed by atoms with Crippen molar-refractivity contribution >= 4 is 11.4 Å². The Hall–Kier alpha value is -1.73. The van der Waals surface area contributed by atoms with Gasteiger partial charge in [0.1, 0.15) is 6.07 Å². The van der Waals surface area contributed by atoms with E-state index in [0.717, 1.165) is 25.2 Å². The Balaban J connectivity index is 2.11. The van der Waals surface area contributed by atoms with Crippen LogP contribution in [0.3, 0.4) is 0 Å². The molecule has 2 rings (SSSR count). The number of nitriles is 1. The Kier molecular flexibility index (Phi) is 3.50. The van der Waals surface area contributed by atoms with Gasteiger partial charge in [-0.1, -0.05) is 6.07 Å². The van der Waals surface area contributed by atoms with Crippen LogP contribution in [0.4, 0.5) is 11.4 Å². The monoisotopic (exact) mass is 230 g/mol. The van der Waals surface area contributed by atoms with Gasteiger partial charge in [0.2, 0.25) is 0 Å². The highest BCUT2D eigenvalue weighted by Crippen LogP contribution is 2.24. The van der Waals surface area contributed by atoms with Crippen LogP contribution in [0, 0.1) is 11.3 Å². The number of hydrogen-bond acceptors (Lipinski definition) is 4. The molecule has 1 unspecified atom stereocenters. The zero-order chi connectivity index (χ0) is 12.3. The highest BCUT2D eigenvalue weighted by Gasteiger charge is 2.17. The number of nitrogens with zero attached hydrogens (tertiary/aromatic N) is 2. The third-order valence-corrected chi connectivity index (χ3v) is 3.21. The van der Waals surface area contributed by atoms with E-state index >= 15 is 0 Å². The van der Waals surface area contributed by atoms with Crippen LogP contribution in [0.15, 0.2) is 18.2 Å². The van der Waals surface area contributed by atoms with Crippen molar-refractivity contribution in [3.63, 3.8) is 0 Å². The lowest BCUT2D eigenvalue weighted by molar-refractivity contribution is 0.261. The first kappa shape index (κ1) is 11.7. The third kappa shape index (κ3) is 2.69. The van der Waals surface area contributed by atoms with E-state index in [9.17, 15) is 0 Å². The summed E-state index contributed by atoms with van der Waals surface area (Å²) >= 11 is 0. The maximum atomic E-state index is 8.92. The first-order valence-electron chi connectivity index (χ1n) is 5.94. The standard InChI is InChI=1S/C13H18N4/c1-17-7-3-5-11(9-17)16-12-6-2-4-10(8-14)13(12)15/h2,4,6,11,16H,3,5,7,9,15H2,1H3. The molecule has 3 N–H and O–H groups in total. The van der Waals surface area contributed by atoms with Crippen LogP contribution in [0.5, 0.6) is 0 Å². The van der Waals surface area contributed by atoms with Gasteiger partial charge in [0.25, 0.3) is 0 Å². The third-order valence-electron chi connectivity index (χ3n) is 3.21. The van der Waals surface area contributed by atoms with E-state index in [1.807, 2.05) is 12.1 Å². The first-order chi connectivity index (χ1) is 8.20. The number of nitrogen functional groups attached to an aromatic ring is 1. The van der Waals surface area contributed by atoms with Gasteiger partial charge in [0.05, 0.1) is 16.9 Å². The van der Waals surface area contributed by atoms with Crippen molar-refractivity contribution in [1.29, 1.82) is 5.26 Å². The number of nitrogens with one attached hydrogen (secondary N) is 1. The molecule has 1 saturated heterocycles. The topological polar surface area (TPSA) is 65.1 Å². The number of piperidine rings is 1. The number of hydrogen-bond donors (Lipinski definition) is 2. The van der Waals surface area contributed by atoms with E-state index in [0.29, 0.717) is 17.3 Å². The van der Waals surface area contributed by atoms with Gasteiger partial charge in [-0.25, -0.2) is 0 Å². The Morgan fingerprint density at radius 1 is 1.53 bits per heavy atom. The molecule has 17 heavy (non-hydrogen) atoms. The lowest BCUT2D eigenvalue weighted by Crippen LogP contribution is -2.39. The Morgan fingerprint density at radius 3 is 3.06 bits per heavy atom. The predicted octanol–water partition coefficient (Wildman–Crippen LogP) is 1.65. The van der Waals surface area contributed by atoms with E-state index in [1.165, 1.54) is 6.42 Å². The summed E-state index contributed by atoms with van der Waals surface area (Å²) in [7, 11) is 2.13. The minimum atomic E-state index is 0.421. The average molecular weight is 230 g/mol. The van der Waals surface area contributed by atoms with Crippen molar-refractivity contribution in [2.75, 3.05) is 31.2 Å². The van der Waals surface area contributed by atoms with Gasteiger partial charge in [-0.2, -0.15) is 5.26 Å². The molecule has 0 saturated carbocycles. The minimum absolute atomic E-state index is 0.421. The van der Waals surface area contributed by atoms with Crippen molar-refractivity contribution in [2.24, 2.45) is 0 Å². The molecule has 0 bridgehead atoms. The van der Waals surface area contributed by atoms with Gasteiger partial charge in [-0.05, 0) is 38.6 Å². The second-order valence-corrected chi connectivity index (χ2v) is 4.62. The van der Waals surface area contributed by atoms with E-state index in [-0.39, 0.29) is 0 Å². The van der Waals surface area contributed by atoms with Crippen molar-refractivity contribution in [3.8, 4) is 6.07 Å². The molecular formula is C13H18N4. The maximum absolute atomic E-state index is 8.92. The molecule has 1 atom stereocenters. The van der Waals surface area contributed by atoms with Crippen LogP contribution in [0.1, 0.15) is 18.4 Å². The van der Waals surface area contributed by atoms with Crippen LogP contribution >= 0.6 is 0 Å².